The topological polar surface area (TPSA) is 86.5 Å². The van der Waals surface area contributed by atoms with Crippen molar-refractivity contribution < 1.29 is 18.7 Å². The van der Waals surface area contributed by atoms with Crippen LogP contribution < -0.4 is 10.6 Å². The van der Waals surface area contributed by atoms with Gasteiger partial charge in [-0.2, -0.15) is 0 Å². The molecule has 8 heteroatoms. The molecule has 1 aromatic heterocycles. The molecule has 1 fully saturated rings. The number of nitrogens with one attached hydrogen (secondary N) is 3. The molecule has 164 valence electrons. The third-order valence-corrected chi connectivity index (χ3v) is 5.98. The third-order valence-electron chi connectivity index (χ3n) is 5.98. The van der Waals surface area contributed by atoms with Gasteiger partial charge < -0.3 is 20.4 Å². The number of halogens is 1. The molecule has 2 amide bonds. The highest BCUT2D eigenvalue weighted by Crippen LogP contribution is 2.34. The highest BCUT2D eigenvalue weighted by atomic mass is 19.1. The Labute approximate surface area is 180 Å². The molecule has 2 aromatic rings. The second kappa shape index (κ2) is 8.64. The summed E-state index contributed by atoms with van der Waals surface area (Å²) in [5, 5.41) is 5.88. The average molecular weight is 426 g/mol. The molecular weight excluding hydrogens is 399 g/mol. The maximum Gasteiger partial charge on any atom is 0.256 e. The quantitative estimate of drug-likeness (QED) is 0.620. The second-order valence-corrected chi connectivity index (χ2v) is 8.12. The molecule has 0 bridgehead atoms. The summed E-state index contributed by atoms with van der Waals surface area (Å²) in [6.07, 6.45) is 2.58. The average Bonchev–Trinajstić information content (AvgIpc) is 3.37. The Hall–Kier alpha value is -2.97. The van der Waals surface area contributed by atoms with Gasteiger partial charge in [0.05, 0.1) is 17.7 Å². The lowest BCUT2D eigenvalue weighted by Crippen LogP contribution is -2.38. The maximum absolute atomic E-state index is 13.7. The lowest BCUT2D eigenvalue weighted by molar-refractivity contribution is -0.110. The van der Waals surface area contributed by atoms with E-state index in [-0.39, 0.29) is 17.9 Å². The number of amides is 2. The molecule has 0 aliphatic carbocycles. The number of hydrogen-bond acceptors (Lipinski definition) is 4. The Morgan fingerprint density at radius 3 is 2.97 bits per heavy atom. The number of rotatable bonds is 6. The standard InChI is InChI=1S/C23H27FN4O3/c1-13-20(11-18-17-10-15(24)4-5-19(17)27-22(18)29)25-14(2)21(13)23(30)26-16-6-7-28(12-16)8-9-31-3/h4-5,10-11,16,25H,6-9,12H2,1-3H3,(H,26,30)(H,27,29)/b18-11-/t16-/m0/s1. The van der Waals surface area contributed by atoms with Crippen LogP contribution in [0.4, 0.5) is 10.1 Å². The smallest absolute Gasteiger partial charge is 0.256 e. The molecule has 3 N–H and O–H groups in total. The predicted octanol–water partition coefficient (Wildman–Crippen LogP) is 2.71. The highest BCUT2D eigenvalue weighted by molar-refractivity contribution is 6.34. The van der Waals surface area contributed by atoms with Crippen molar-refractivity contribution >= 4 is 29.2 Å². The fourth-order valence-electron chi connectivity index (χ4n) is 4.34. The monoisotopic (exact) mass is 426 g/mol. The lowest BCUT2D eigenvalue weighted by Gasteiger charge is -2.16. The number of fused-ring (bicyclic) bond motifs is 1. The fourth-order valence-corrected chi connectivity index (χ4v) is 4.34. The largest absolute Gasteiger partial charge is 0.383 e. The molecule has 3 heterocycles. The molecule has 0 spiro atoms. The maximum atomic E-state index is 13.7. The Kier molecular flexibility index (Phi) is 5.93. The summed E-state index contributed by atoms with van der Waals surface area (Å²) in [6.45, 7) is 6.95. The Morgan fingerprint density at radius 1 is 1.39 bits per heavy atom. The zero-order valence-corrected chi connectivity index (χ0v) is 18.0. The van der Waals surface area contributed by atoms with E-state index < -0.39 is 5.82 Å². The summed E-state index contributed by atoms with van der Waals surface area (Å²) in [5.74, 6) is -0.825. The van der Waals surface area contributed by atoms with Crippen LogP contribution in [-0.2, 0) is 9.53 Å². The van der Waals surface area contributed by atoms with E-state index in [1.807, 2.05) is 13.8 Å². The minimum absolute atomic E-state index is 0.0929. The lowest BCUT2D eigenvalue weighted by atomic mass is 10.0. The van der Waals surface area contributed by atoms with Crippen LogP contribution in [0.2, 0.25) is 0 Å². The van der Waals surface area contributed by atoms with E-state index in [2.05, 4.69) is 20.5 Å². The second-order valence-electron chi connectivity index (χ2n) is 8.12. The summed E-state index contributed by atoms with van der Waals surface area (Å²) >= 11 is 0. The summed E-state index contributed by atoms with van der Waals surface area (Å²) in [5.41, 5.74) is 4.21. The number of aromatic amines is 1. The molecule has 0 radical (unpaired) electrons. The van der Waals surface area contributed by atoms with Crippen LogP contribution >= 0.6 is 0 Å². The number of aromatic nitrogens is 1. The number of anilines is 1. The molecule has 1 atom stereocenters. The number of methoxy groups -OCH3 is 1. The van der Waals surface area contributed by atoms with Gasteiger partial charge in [0.15, 0.2) is 0 Å². The van der Waals surface area contributed by atoms with Crippen LogP contribution in [0.25, 0.3) is 11.6 Å². The number of ether oxygens (including phenoxy) is 1. The first kappa shape index (κ1) is 21.3. The first-order chi connectivity index (χ1) is 14.9. The number of benzene rings is 1. The zero-order valence-electron chi connectivity index (χ0n) is 18.0. The third kappa shape index (κ3) is 4.26. The molecule has 0 saturated carbocycles. The number of carbonyl (C=O) groups excluding carboxylic acids is 2. The number of carbonyl (C=O) groups is 2. The molecule has 4 rings (SSSR count). The van der Waals surface area contributed by atoms with Crippen LogP contribution in [-0.4, -0.2) is 61.1 Å². The van der Waals surface area contributed by atoms with Gasteiger partial charge in [-0.3, -0.25) is 14.5 Å². The van der Waals surface area contributed by atoms with Crippen LogP contribution in [0.15, 0.2) is 18.2 Å². The van der Waals surface area contributed by atoms with Crippen molar-refractivity contribution in [2.75, 3.05) is 38.7 Å². The number of hydrogen-bond donors (Lipinski definition) is 3. The number of likely N-dealkylation sites (tertiary alicyclic amines) is 1. The van der Waals surface area contributed by atoms with Crippen LogP contribution in [0.3, 0.4) is 0 Å². The number of nitrogens with zero attached hydrogens (tertiary/aromatic N) is 1. The van der Waals surface area contributed by atoms with E-state index in [0.717, 1.165) is 37.3 Å². The van der Waals surface area contributed by atoms with Crippen molar-refractivity contribution in [2.24, 2.45) is 0 Å². The van der Waals surface area contributed by atoms with E-state index in [0.29, 0.717) is 34.7 Å². The molecule has 1 aromatic carbocycles. The number of aryl methyl sites for hydroxylation is 1. The van der Waals surface area contributed by atoms with Crippen LogP contribution in [0.5, 0.6) is 0 Å². The van der Waals surface area contributed by atoms with Crippen molar-refractivity contribution in [1.29, 1.82) is 0 Å². The van der Waals surface area contributed by atoms with E-state index >= 15 is 0 Å². The summed E-state index contributed by atoms with van der Waals surface area (Å²) < 4.78 is 18.8. The van der Waals surface area contributed by atoms with Gasteiger partial charge in [0, 0.05) is 55.4 Å². The van der Waals surface area contributed by atoms with Gasteiger partial charge in [-0.05, 0) is 50.1 Å². The Morgan fingerprint density at radius 2 is 2.19 bits per heavy atom. The molecule has 1 saturated heterocycles. The molecular formula is C23H27FN4O3. The van der Waals surface area contributed by atoms with Gasteiger partial charge in [0.2, 0.25) is 0 Å². The summed E-state index contributed by atoms with van der Waals surface area (Å²) in [6, 6.07) is 4.30. The van der Waals surface area contributed by atoms with Gasteiger partial charge in [0.25, 0.3) is 11.8 Å². The van der Waals surface area contributed by atoms with Crippen molar-refractivity contribution in [3.63, 3.8) is 0 Å². The molecule has 2 aliphatic rings. The Balaban J connectivity index is 1.54. The van der Waals surface area contributed by atoms with Crippen molar-refractivity contribution in [3.8, 4) is 0 Å². The summed E-state index contributed by atoms with van der Waals surface area (Å²) in [4.78, 5) is 30.9. The predicted molar refractivity (Wildman–Crippen MR) is 117 cm³/mol. The minimum atomic E-state index is -0.406. The minimum Gasteiger partial charge on any atom is -0.383 e. The first-order valence-corrected chi connectivity index (χ1v) is 10.4. The normalized spacial score (nSPS) is 19.7. The van der Waals surface area contributed by atoms with E-state index in [1.165, 1.54) is 12.1 Å². The van der Waals surface area contributed by atoms with Crippen molar-refractivity contribution in [3.05, 3.63) is 52.1 Å². The first-order valence-electron chi connectivity index (χ1n) is 10.4. The van der Waals surface area contributed by atoms with Crippen LogP contribution in [0, 0.1) is 19.7 Å². The molecule has 0 unspecified atom stereocenters. The van der Waals surface area contributed by atoms with Gasteiger partial charge in [-0.1, -0.05) is 0 Å². The fraction of sp³-hybridized carbons (Fsp3) is 0.391. The van der Waals surface area contributed by atoms with E-state index in [1.54, 1.807) is 19.3 Å². The zero-order chi connectivity index (χ0) is 22.1. The highest BCUT2D eigenvalue weighted by Gasteiger charge is 2.28. The SMILES string of the molecule is COCCN1CC[C@H](NC(=O)c2c(C)[nH]c(/C=C3\C(=O)Nc4ccc(F)cc43)c2C)C1. The molecule has 7 nitrogen and oxygen atoms in total. The van der Waals surface area contributed by atoms with Crippen molar-refractivity contribution in [1.82, 2.24) is 15.2 Å². The van der Waals surface area contributed by atoms with Crippen LogP contribution in [0.1, 0.15) is 39.3 Å². The molecule has 2 aliphatic heterocycles. The molecule has 31 heavy (non-hydrogen) atoms. The van der Waals surface area contributed by atoms with Crippen molar-refractivity contribution in [2.45, 2.75) is 26.3 Å². The van der Waals surface area contributed by atoms with E-state index in [4.69, 9.17) is 4.74 Å². The van der Waals surface area contributed by atoms with Gasteiger partial charge in [0.1, 0.15) is 5.82 Å². The van der Waals surface area contributed by atoms with Gasteiger partial charge in [-0.25, -0.2) is 4.39 Å². The van der Waals surface area contributed by atoms with E-state index in [9.17, 15) is 14.0 Å². The summed E-state index contributed by atoms with van der Waals surface area (Å²) in [7, 11) is 1.68. The Bertz CT molecular complexity index is 1060. The van der Waals surface area contributed by atoms with Gasteiger partial charge in [-0.15, -0.1) is 0 Å². The van der Waals surface area contributed by atoms with Gasteiger partial charge >= 0.3 is 0 Å². The number of H-pyrrole nitrogens is 1.